The highest BCUT2D eigenvalue weighted by Crippen LogP contribution is 2.33. The molecular formula is C21H34N4O. The molecule has 0 spiro atoms. The van der Waals surface area contributed by atoms with Crippen molar-refractivity contribution >= 4 is 12.2 Å². The molecule has 0 aromatic rings. The molecule has 2 amide bonds. The molecule has 0 aliphatic heterocycles. The number of carbonyl (C=O) groups is 1. The van der Waals surface area contributed by atoms with Crippen molar-refractivity contribution < 1.29 is 4.79 Å². The molecule has 3 N–H and O–H groups in total. The number of nitrogens with zero attached hydrogens (tertiary/aromatic N) is 2. The highest BCUT2D eigenvalue weighted by molar-refractivity contribution is 5.73. The predicted molar refractivity (Wildman–Crippen MR) is 109 cm³/mol. The fraction of sp³-hybridized carbons (Fsp3) is 0.619. The topological polar surface area (TPSA) is 70.7 Å². The number of carbonyl (C=O) groups excluding carboxylic acids is 1. The maximum Gasteiger partial charge on any atom is 0.316 e. The number of amides is 2. The zero-order valence-electron chi connectivity index (χ0n) is 16.2. The molecule has 2 unspecified atom stereocenters. The SMILES string of the molecule is CC(/C=N\N(C)C1CC=C/C=C\CCC1)/C(=C\NC(N)=O)CC1CCC1. The number of nitrogens with one attached hydrogen (secondary N) is 1. The first-order chi connectivity index (χ1) is 12.6. The van der Waals surface area contributed by atoms with Gasteiger partial charge in [0.25, 0.3) is 0 Å². The molecule has 2 rings (SSSR count). The zero-order chi connectivity index (χ0) is 18.8. The molecule has 2 aliphatic carbocycles. The highest BCUT2D eigenvalue weighted by atomic mass is 16.2. The maximum atomic E-state index is 11.1. The van der Waals surface area contributed by atoms with Crippen LogP contribution in [0, 0.1) is 11.8 Å². The number of rotatable bonds is 7. The largest absolute Gasteiger partial charge is 0.351 e. The van der Waals surface area contributed by atoms with Gasteiger partial charge in [-0.15, -0.1) is 0 Å². The Hall–Kier alpha value is -2.04. The van der Waals surface area contributed by atoms with E-state index < -0.39 is 6.03 Å². The van der Waals surface area contributed by atoms with Crippen molar-refractivity contribution in [3.8, 4) is 0 Å². The number of allylic oxidation sites excluding steroid dienone is 4. The molecule has 5 heteroatoms. The standard InChI is InChI=1S/C21H34N4O/c1-17(19(16-23-21(22)26)14-18-10-9-11-18)15-24-25(2)20-12-7-5-3-4-6-8-13-20/h3-5,7,15-18,20H,6,8-14H2,1-2H3,(H3,22,23,26)/b4-3-,7-5?,19-16-,24-15-. The fourth-order valence-electron chi connectivity index (χ4n) is 3.38. The third-order valence-corrected chi connectivity index (χ3v) is 5.43. The Balaban J connectivity index is 1.94. The highest BCUT2D eigenvalue weighted by Gasteiger charge is 2.21. The van der Waals surface area contributed by atoms with E-state index in [-0.39, 0.29) is 5.92 Å². The summed E-state index contributed by atoms with van der Waals surface area (Å²) in [4.78, 5) is 11.1. The Kier molecular flexibility index (Phi) is 8.45. The molecule has 0 aromatic carbocycles. The summed E-state index contributed by atoms with van der Waals surface area (Å²) in [5.74, 6) is 0.912. The van der Waals surface area contributed by atoms with E-state index in [1.807, 2.05) is 6.21 Å². The number of nitrogens with two attached hydrogens (primary N) is 1. The first kappa shape index (κ1) is 20.3. The molecule has 144 valence electrons. The summed E-state index contributed by atoms with van der Waals surface area (Å²) in [5, 5.41) is 9.45. The summed E-state index contributed by atoms with van der Waals surface area (Å²) < 4.78 is 0. The fourth-order valence-corrected chi connectivity index (χ4v) is 3.38. The second kappa shape index (κ2) is 10.8. The molecule has 26 heavy (non-hydrogen) atoms. The van der Waals surface area contributed by atoms with Crippen molar-refractivity contribution in [2.45, 2.75) is 64.3 Å². The average Bonchev–Trinajstić information content (AvgIpc) is 2.71. The molecule has 0 bridgehead atoms. The van der Waals surface area contributed by atoms with Crippen LogP contribution in [0.15, 0.2) is 41.2 Å². The molecule has 0 saturated heterocycles. The molecule has 2 atom stereocenters. The van der Waals surface area contributed by atoms with Crippen molar-refractivity contribution in [1.82, 2.24) is 10.3 Å². The number of hydrazone groups is 1. The minimum atomic E-state index is -0.511. The Morgan fingerprint density at radius 1 is 1.31 bits per heavy atom. The first-order valence-corrected chi connectivity index (χ1v) is 9.89. The summed E-state index contributed by atoms with van der Waals surface area (Å²) in [6.45, 7) is 2.14. The smallest absolute Gasteiger partial charge is 0.316 e. The lowest BCUT2D eigenvalue weighted by atomic mass is 9.79. The van der Waals surface area contributed by atoms with E-state index in [4.69, 9.17) is 10.8 Å². The van der Waals surface area contributed by atoms with Crippen LogP contribution >= 0.6 is 0 Å². The number of urea groups is 1. The van der Waals surface area contributed by atoms with E-state index in [0.29, 0.717) is 6.04 Å². The summed E-state index contributed by atoms with van der Waals surface area (Å²) in [6, 6.07) is -0.0826. The Bertz CT molecular complexity index is 560. The van der Waals surface area contributed by atoms with Gasteiger partial charge in [-0.05, 0) is 43.6 Å². The molecule has 2 aliphatic rings. The van der Waals surface area contributed by atoms with Crippen LogP contribution in [-0.2, 0) is 0 Å². The van der Waals surface area contributed by atoms with Crippen molar-refractivity contribution in [3.05, 3.63) is 36.1 Å². The second-order valence-electron chi connectivity index (χ2n) is 7.53. The van der Waals surface area contributed by atoms with Gasteiger partial charge in [0, 0.05) is 25.4 Å². The minimum absolute atomic E-state index is 0.179. The number of hydrogen-bond donors (Lipinski definition) is 2. The lowest BCUT2D eigenvalue weighted by Crippen LogP contribution is -2.28. The Morgan fingerprint density at radius 2 is 2.08 bits per heavy atom. The van der Waals surface area contributed by atoms with Crippen LogP contribution in [-0.4, -0.2) is 30.3 Å². The normalized spacial score (nSPS) is 24.2. The van der Waals surface area contributed by atoms with Crippen molar-refractivity contribution in [2.24, 2.45) is 22.7 Å². The van der Waals surface area contributed by atoms with Crippen LogP contribution in [0.4, 0.5) is 4.79 Å². The average molecular weight is 359 g/mol. The van der Waals surface area contributed by atoms with Crippen LogP contribution in [0.5, 0.6) is 0 Å². The van der Waals surface area contributed by atoms with Gasteiger partial charge in [0.1, 0.15) is 0 Å². The van der Waals surface area contributed by atoms with Crippen LogP contribution in [0.3, 0.4) is 0 Å². The van der Waals surface area contributed by atoms with Gasteiger partial charge >= 0.3 is 6.03 Å². The van der Waals surface area contributed by atoms with Gasteiger partial charge in [-0.2, -0.15) is 5.10 Å². The van der Waals surface area contributed by atoms with E-state index in [2.05, 4.69) is 48.6 Å². The van der Waals surface area contributed by atoms with Crippen molar-refractivity contribution in [2.75, 3.05) is 7.05 Å². The van der Waals surface area contributed by atoms with Crippen LogP contribution in [0.2, 0.25) is 0 Å². The van der Waals surface area contributed by atoms with Crippen molar-refractivity contribution in [1.29, 1.82) is 0 Å². The van der Waals surface area contributed by atoms with E-state index in [1.54, 1.807) is 6.20 Å². The third kappa shape index (κ3) is 7.06. The van der Waals surface area contributed by atoms with E-state index in [0.717, 1.165) is 31.6 Å². The molecule has 1 fully saturated rings. The van der Waals surface area contributed by atoms with Crippen LogP contribution in [0.1, 0.15) is 58.3 Å². The van der Waals surface area contributed by atoms with Gasteiger partial charge in [0.15, 0.2) is 0 Å². The van der Waals surface area contributed by atoms with Crippen LogP contribution < -0.4 is 11.1 Å². The molecular weight excluding hydrogens is 324 g/mol. The lowest BCUT2D eigenvalue weighted by molar-refractivity contribution is 0.239. The van der Waals surface area contributed by atoms with Gasteiger partial charge in [-0.1, -0.05) is 50.5 Å². The monoisotopic (exact) mass is 358 g/mol. The van der Waals surface area contributed by atoms with E-state index >= 15 is 0 Å². The Morgan fingerprint density at radius 3 is 2.77 bits per heavy atom. The van der Waals surface area contributed by atoms with Crippen molar-refractivity contribution in [3.63, 3.8) is 0 Å². The quantitative estimate of drug-likeness (QED) is 0.525. The summed E-state index contributed by atoms with van der Waals surface area (Å²) in [5.41, 5.74) is 6.43. The molecule has 0 aromatic heterocycles. The van der Waals surface area contributed by atoms with Gasteiger partial charge in [-0.25, -0.2) is 4.79 Å². The second-order valence-corrected chi connectivity index (χ2v) is 7.53. The molecule has 0 heterocycles. The van der Waals surface area contributed by atoms with E-state index in [9.17, 15) is 4.79 Å². The van der Waals surface area contributed by atoms with E-state index in [1.165, 1.54) is 31.3 Å². The summed E-state index contributed by atoms with van der Waals surface area (Å²) in [6.07, 6.45) is 21.9. The van der Waals surface area contributed by atoms with Crippen LogP contribution in [0.25, 0.3) is 0 Å². The third-order valence-electron chi connectivity index (χ3n) is 5.43. The maximum absolute atomic E-state index is 11.1. The molecule has 0 radical (unpaired) electrons. The van der Waals surface area contributed by atoms with Gasteiger partial charge < -0.3 is 11.1 Å². The summed E-state index contributed by atoms with van der Waals surface area (Å²) >= 11 is 0. The van der Waals surface area contributed by atoms with Gasteiger partial charge in [0.2, 0.25) is 0 Å². The zero-order valence-corrected chi connectivity index (χ0v) is 16.2. The molecule has 1 saturated carbocycles. The Labute approximate surface area is 158 Å². The lowest BCUT2D eigenvalue weighted by Gasteiger charge is -2.28. The van der Waals surface area contributed by atoms with Gasteiger partial charge in [0.05, 0.1) is 6.04 Å². The van der Waals surface area contributed by atoms with Gasteiger partial charge in [-0.3, -0.25) is 5.01 Å². The predicted octanol–water partition coefficient (Wildman–Crippen LogP) is 4.34. The number of primary amides is 1. The molecule has 5 nitrogen and oxygen atoms in total. The summed E-state index contributed by atoms with van der Waals surface area (Å²) in [7, 11) is 2.06. The first-order valence-electron chi connectivity index (χ1n) is 9.89. The minimum Gasteiger partial charge on any atom is -0.351 e. The number of hydrogen-bond acceptors (Lipinski definition) is 3.